The average molecular weight is 209 g/mol. The molecule has 0 aliphatic heterocycles. The van der Waals surface area contributed by atoms with Crippen LogP contribution in [0.1, 0.15) is 45.2 Å². The first-order chi connectivity index (χ1) is 7.13. The summed E-state index contributed by atoms with van der Waals surface area (Å²) in [6.45, 7) is 9.67. The molecule has 3 heteroatoms. The van der Waals surface area contributed by atoms with E-state index in [0.717, 1.165) is 6.54 Å². The quantitative estimate of drug-likeness (QED) is 0.780. The molecule has 1 aromatic rings. The number of nitrogens with zero attached hydrogens (tertiary/aromatic N) is 2. The van der Waals surface area contributed by atoms with Gasteiger partial charge in [-0.2, -0.15) is 5.10 Å². The van der Waals surface area contributed by atoms with Crippen LogP contribution in [0.15, 0.2) is 12.4 Å². The van der Waals surface area contributed by atoms with Crippen molar-refractivity contribution >= 4 is 0 Å². The van der Waals surface area contributed by atoms with Crippen LogP contribution in [0.3, 0.4) is 0 Å². The smallest absolute Gasteiger partial charge is 0.0643 e. The molecular formula is C12H23N3. The van der Waals surface area contributed by atoms with Crippen molar-refractivity contribution in [3.05, 3.63) is 18.0 Å². The summed E-state index contributed by atoms with van der Waals surface area (Å²) < 4.78 is 2.09. The van der Waals surface area contributed by atoms with E-state index >= 15 is 0 Å². The normalized spacial score (nSPS) is 13.4. The summed E-state index contributed by atoms with van der Waals surface area (Å²) in [5, 5.41) is 7.87. The van der Waals surface area contributed by atoms with E-state index in [1.54, 1.807) is 0 Å². The summed E-state index contributed by atoms with van der Waals surface area (Å²) >= 11 is 0. The van der Waals surface area contributed by atoms with Crippen LogP contribution in [-0.2, 0) is 0 Å². The molecule has 1 heterocycles. The molecule has 0 spiro atoms. The molecule has 0 aliphatic carbocycles. The van der Waals surface area contributed by atoms with Gasteiger partial charge in [-0.15, -0.1) is 0 Å². The summed E-state index contributed by atoms with van der Waals surface area (Å²) in [7, 11) is 0. The number of hydrogen-bond donors (Lipinski definition) is 1. The van der Waals surface area contributed by atoms with Crippen molar-refractivity contribution in [1.82, 2.24) is 15.1 Å². The Bertz CT molecular complexity index is 278. The number of hydrogen-bond acceptors (Lipinski definition) is 2. The topological polar surface area (TPSA) is 29.9 Å². The number of aryl methyl sites for hydroxylation is 1. The highest BCUT2D eigenvalue weighted by Gasteiger charge is 2.10. The highest BCUT2D eigenvalue weighted by molar-refractivity contribution is 5.00. The molecule has 1 N–H and O–H groups in total. The van der Waals surface area contributed by atoms with E-state index in [1.165, 1.54) is 18.4 Å². The monoisotopic (exact) mass is 209 g/mol. The van der Waals surface area contributed by atoms with E-state index < -0.39 is 0 Å². The van der Waals surface area contributed by atoms with Crippen molar-refractivity contribution in [3.63, 3.8) is 0 Å². The van der Waals surface area contributed by atoms with Crippen LogP contribution < -0.4 is 5.32 Å². The van der Waals surface area contributed by atoms with Crippen molar-refractivity contribution in [1.29, 1.82) is 0 Å². The van der Waals surface area contributed by atoms with Gasteiger partial charge in [0, 0.05) is 18.8 Å². The largest absolute Gasteiger partial charge is 0.312 e. The van der Waals surface area contributed by atoms with Gasteiger partial charge in [0.25, 0.3) is 0 Å². The molecule has 1 aromatic heterocycles. The van der Waals surface area contributed by atoms with Crippen LogP contribution in [0.4, 0.5) is 0 Å². The van der Waals surface area contributed by atoms with E-state index in [0.29, 0.717) is 12.1 Å². The molecule has 1 rings (SSSR count). The molecule has 1 unspecified atom stereocenters. The molecule has 0 saturated carbocycles. The van der Waals surface area contributed by atoms with E-state index in [2.05, 4.69) is 49.0 Å². The van der Waals surface area contributed by atoms with Crippen molar-refractivity contribution in [3.8, 4) is 0 Å². The van der Waals surface area contributed by atoms with E-state index in [-0.39, 0.29) is 0 Å². The Morgan fingerprint density at radius 1 is 1.47 bits per heavy atom. The summed E-state index contributed by atoms with van der Waals surface area (Å²) in [6, 6.07) is 1.03. The summed E-state index contributed by atoms with van der Waals surface area (Å²) in [4.78, 5) is 0. The van der Waals surface area contributed by atoms with Crippen LogP contribution >= 0.6 is 0 Å². The van der Waals surface area contributed by atoms with Crippen LogP contribution in [-0.4, -0.2) is 22.4 Å². The minimum absolute atomic E-state index is 0.492. The van der Waals surface area contributed by atoms with E-state index in [1.807, 2.05) is 6.20 Å². The number of nitrogens with one attached hydrogen (secondary N) is 1. The third kappa shape index (κ3) is 4.04. The van der Waals surface area contributed by atoms with Gasteiger partial charge in [-0.1, -0.05) is 27.2 Å². The Labute approximate surface area is 92.9 Å². The first-order valence-corrected chi connectivity index (χ1v) is 5.87. The maximum absolute atomic E-state index is 4.39. The molecule has 0 saturated heterocycles. The van der Waals surface area contributed by atoms with Crippen molar-refractivity contribution < 1.29 is 0 Å². The van der Waals surface area contributed by atoms with Gasteiger partial charge >= 0.3 is 0 Å². The predicted molar refractivity (Wildman–Crippen MR) is 64.0 cm³/mol. The zero-order chi connectivity index (χ0) is 11.3. The standard InChI is InChI=1S/C12H23N3/c1-5-6-12(8-13-10(2)3)15-9-11(4)7-14-15/h7,9-10,12-13H,5-6,8H2,1-4H3. The van der Waals surface area contributed by atoms with Crippen molar-refractivity contribution in [2.24, 2.45) is 0 Å². The second kappa shape index (κ2) is 5.91. The Kier molecular flexibility index (Phi) is 4.82. The maximum atomic E-state index is 4.39. The summed E-state index contributed by atoms with van der Waals surface area (Å²) in [6.07, 6.45) is 6.44. The molecular weight excluding hydrogens is 186 g/mol. The third-order valence-corrected chi connectivity index (χ3v) is 2.49. The fraction of sp³-hybridized carbons (Fsp3) is 0.750. The number of aromatic nitrogens is 2. The van der Waals surface area contributed by atoms with Gasteiger partial charge in [-0.05, 0) is 18.9 Å². The highest BCUT2D eigenvalue weighted by atomic mass is 15.3. The van der Waals surface area contributed by atoms with Gasteiger partial charge in [-0.25, -0.2) is 0 Å². The maximum Gasteiger partial charge on any atom is 0.0643 e. The van der Waals surface area contributed by atoms with Gasteiger partial charge < -0.3 is 5.32 Å². The minimum Gasteiger partial charge on any atom is -0.312 e. The van der Waals surface area contributed by atoms with Gasteiger partial charge in [0.1, 0.15) is 0 Å². The fourth-order valence-corrected chi connectivity index (χ4v) is 1.67. The van der Waals surface area contributed by atoms with Crippen LogP contribution in [0.25, 0.3) is 0 Å². The predicted octanol–water partition coefficient (Wildman–Crippen LogP) is 2.53. The molecule has 86 valence electrons. The highest BCUT2D eigenvalue weighted by Crippen LogP contribution is 2.12. The number of rotatable bonds is 6. The first kappa shape index (κ1) is 12.2. The molecule has 0 radical (unpaired) electrons. The van der Waals surface area contributed by atoms with Gasteiger partial charge in [0.2, 0.25) is 0 Å². The van der Waals surface area contributed by atoms with Crippen LogP contribution in [0, 0.1) is 6.92 Å². The molecule has 0 aliphatic rings. The molecule has 0 aromatic carbocycles. The average Bonchev–Trinajstić information content (AvgIpc) is 2.59. The van der Waals surface area contributed by atoms with Crippen molar-refractivity contribution in [2.75, 3.05) is 6.54 Å². The lowest BCUT2D eigenvalue weighted by Crippen LogP contribution is -2.30. The zero-order valence-electron chi connectivity index (χ0n) is 10.3. The van der Waals surface area contributed by atoms with Crippen molar-refractivity contribution in [2.45, 2.75) is 52.6 Å². The Morgan fingerprint density at radius 3 is 2.67 bits per heavy atom. The SMILES string of the molecule is CCCC(CNC(C)C)n1cc(C)cn1. The van der Waals surface area contributed by atoms with E-state index in [9.17, 15) is 0 Å². The molecule has 3 nitrogen and oxygen atoms in total. The van der Waals surface area contributed by atoms with Gasteiger partial charge in [-0.3, -0.25) is 4.68 Å². The Hall–Kier alpha value is -0.830. The second-order valence-corrected chi connectivity index (χ2v) is 4.50. The third-order valence-electron chi connectivity index (χ3n) is 2.49. The summed E-state index contributed by atoms with van der Waals surface area (Å²) in [5.74, 6) is 0. The summed E-state index contributed by atoms with van der Waals surface area (Å²) in [5.41, 5.74) is 1.24. The molecule has 0 bridgehead atoms. The van der Waals surface area contributed by atoms with Crippen LogP contribution in [0.2, 0.25) is 0 Å². The molecule has 15 heavy (non-hydrogen) atoms. The molecule has 0 amide bonds. The second-order valence-electron chi connectivity index (χ2n) is 4.50. The van der Waals surface area contributed by atoms with Crippen LogP contribution in [0.5, 0.6) is 0 Å². The van der Waals surface area contributed by atoms with E-state index in [4.69, 9.17) is 0 Å². The lowest BCUT2D eigenvalue weighted by molar-refractivity contribution is 0.382. The minimum atomic E-state index is 0.492. The molecule has 0 fully saturated rings. The zero-order valence-corrected chi connectivity index (χ0v) is 10.3. The Morgan fingerprint density at radius 2 is 2.20 bits per heavy atom. The first-order valence-electron chi connectivity index (χ1n) is 5.87. The fourth-order valence-electron chi connectivity index (χ4n) is 1.67. The lowest BCUT2D eigenvalue weighted by atomic mass is 10.1. The van der Waals surface area contributed by atoms with Gasteiger partial charge in [0.05, 0.1) is 12.2 Å². The molecule has 1 atom stereocenters. The lowest BCUT2D eigenvalue weighted by Gasteiger charge is -2.19. The van der Waals surface area contributed by atoms with Gasteiger partial charge in [0.15, 0.2) is 0 Å². The Balaban J connectivity index is 2.57.